The van der Waals surface area contributed by atoms with Gasteiger partial charge in [0.15, 0.2) is 0 Å². The third kappa shape index (κ3) is 4.78. The number of likely N-dealkylation sites (tertiary alicyclic amines) is 1. The molecule has 1 spiro atoms. The molecule has 0 radical (unpaired) electrons. The number of aromatic nitrogens is 3. The Balaban J connectivity index is 1.34. The van der Waals surface area contributed by atoms with E-state index in [1.807, 2.05) is 0 Å². The van der Waals surface area contributed by atoms with Crippen molar-refractivity contribution >= 4 is 22.8 Å². The number of ether oxygens (including phenoxy) is 1. The normalized spacial score (nSPS) is 20.6. The number of fused-ring (bicyclic) bond motifs is 1. The quantitative estimate of drug-likeness (QED) is 0.406. The predicted molar refractivity (Wildman–Crippen MR) is 138 cm³/mol. The Bertz CT molecular complexity index is 1490. The summed E-state index contributed by atoms with van der Waals surface area (Å²) in [6.07, 6.45) is -0.682. The van der Waals surface area contributed by atoms with Crippen LogP contribution in [0.5, 0.6) is 5.75 Å². The molecule has 1 saturated heterocycles. The van der Waals surface area contributed by atoms with Crippen LogP contribution >= 0.6 is 0 Å². The first-order valence-electron chi connectivity index (χ1n) is 13.4. The van der Waals surface area contributed by atoms with Gasteiger partial charge in [-0.1, -0.05) is 0 Å². The lowest BCUT2D eigenvalue weighted by molar-refractivity contribution is -0.138. The first kappa shape index (κ1) is 26.5. The summed E-state index contributed by atoms with van der Waals surface area (Å²) < 4.78 is 46.8. The molecule has 12 heteroatoms. The number of aliphatic hydroxyl groups is 1. The molecule has 1 unspecified atom stereocenters. The summed E-state index contributed by atoms with van der Waals surface area (Å²) in [5.74, 6) is -0.0989. The standard InChI is InChI=1S/C28H30F3N5O4/c1-14-21(25(38)35-20-10-36(26(39)15(2)37)12-27(20)7-8-27)23-24(34-14)22(32-13-33-23)18-9-17(28(29,30)31)5-6-19(18)40-11-16-3-4-16/h5-6,9,13,15-16,20,34,37H,3-4,7-8,10-12H2,1-2H3,(H,35,38)/t15-,20?/m0/s1. The van der Waals surface area contributed by atoms with Crippen LogP contribution in [-0.2, 0) is 11.0 Å². The van der Waals surface area contributed by atoms with E-state index in [-0.39, 0.29) is 45.5 Å². The second-order valence-corrected chi connectivity index (χ2v) is 11.3. The molecule has 212 valence electrons. The van der Waals surface area contributed by atoms with Crippen LogP contribution in [0.2, 0.25) is 0 Å². The fourth-order valence-corrected chi connectivity index (χ4v) is 5.61. The number of aromatic amines is 1. The monoisotopic (exact) mass is 557 g/mol. The summed E-state index contributed by atoms with van der Waals surface area (Å²) in [6, 6.07) is 3.03. The number of H-pyrrole nitrogens is 1. The number of aliphatic hydroxyl groups excluding tert-OH is 1. The highest BCUT2D eigenvalue weighted by Gasteiger charge is 2.56. The van der Waals surface area contributed by atoms with Crippen molar-refractivity contribution in [3.63, 3.8) is 0 Å². The van der Waals surface area contributed by atoms with Gasteiger partial charge in [-0.3, -0.25) is 9.59 Å². The molecule has 1 aliphatic heterocycles. The largest absolute Gasteiger partial charge is 0.493 e. The van der Waals surface area contributed by atoms with Crippen LogP contribution in [0.4, 0.5) is 13.2 Å². The SMILES string of the molecule is Cc1[nH]c2c(-c3cc(C(F)(F)F)ccc3OCC3CC3)ncnc2c1C(=O)NC1CN(C(=O)[C@H](C)O)CC12CC2. The maximum atomic E-state index is 13.6. The average molecular weight is 558 g/mol. The zero-order valence-electron chi connectivity index (χ0n) is 22.1. The van der Waals surface area contributed by atoms with Crippen LogP contribution < -0.4 is 10.1 Å². The molecule has 2 aromatic heterocycles. The number of halogens is 3. The lowest BCUT2D eigenvalue weighted by Gasteiger charge is -2.19. The number of alkyl halides is 3. The topological polar surface area (TPSA) is 120 Å². The summed E-state index contributed by atoms with van der Waals surface area (Å²) in [6.45, 7) is 4.29. The highest BCUT2D eigenvalue weighted by molar-refractivity contribution is 6.09. The molecule has 6 rings (SSSR count). The van der Waals surface area contributed by atoms with E-state index >= 15 is 0 Å². The van der Waals surface area contributed by atoms with Gasteiger partial charge in [-0.15, -0.1) is 0 Å². The Hall–Kier alpha value is -3.67. The zero-order chi connectivity index (χ0) is 28.4. The molecule has 3 heterocycles. The molecule has 1 aromatic carbocycles. The van der Waals surface area contributed by atoms with Gasteiger partial charge in [0.25, 0.3) is 11.8 Å². The Morgan fingerprint density at radius 1 is 1.27 bits per heavy atom. The molecule has 3 aliphatic rings. The van der Waals surface area contributed by atoms with Crippen molar-refractivity contribution in [2.75, 3.05) is 19.7 Å². The highest BCUT2D eigenvalue weighted by Crippen LogP contribution is 2.53. The van der Waals surface area contributed by atoms with Gasteiger partial charge >= 0.3 is 6.18 Å². The Labute approximate surface area is 228 Å². The van der Waals surface area contributed by atoms with Crippen molar-refractivity contribution in [1.82, 2.24) is 25.2 Å². The molecule has 3 aromatic rings. The number of aryl methyl sites for hydroxylation is 1. The molecule has 3 N–H and O–H groups in total. The van der Waals surface area contributed by atoms with Gasteiger partial charge in [0.2, 0.25) is 0 Å². The molecular weight excluding hydrogens is 527 g/mol. The van der Waals surface area contributed by atoms with E-state index in [2.05, 4.69) is 20.3 Å². The minimum atomic E-state index is -4.56. The lowest BCUT2D eigenvalue weighted by atomic mass is 10.00. The molecule has 2 saturated carbocycles. The number of benzene rings is 1. The molecule has 2 atom stereocenters. The van der Waals surface area contributed by atoms with Gasteiger partial charge in [-0.25, -0.2) is 9.97 Å². The van der Waals surface area contributed by atoms with Gasteiger partial charge < -0.3 is 25.0 Å². The van der Waals surface area contributed by atoms with E-state index < -0.39 is 23.8 Å². The van der Waals surface area contributed by atoms with E-state index in [0.717, 1.165) is 37.8 Å². The van der Waals surface area contributed by atoms with Crippen molar-refractivity contribution in [2.24, 2.45) is 11.3 Å². The third-order valence-corrected chi connectivity index (χ3v) is 8.25. The van der Waals surface area contributed by atoms with Crippen molar-refractivity contribution in [3.8, 4) is 17.0 Å². The molecule has 9 nitrogen and oxygen atoms in total. The van der Waals surface area contributed by atoms with E-state index in [1.54, 1.807) is 11.8 Å². The first-order chi connectivity index (χ1) is 19.0. The Morgan fingerprint density at radius 2 is 2.02 bits per heavy atom. The molecular formula is C28H30F3N5O4. The molecule has 2 aliphatic carbocycles. The van der Waals surface area contributed by atoms with Crippen LogP contribution in [0, 0.1) is 18.3 Å². The van der Waals surface area contributed by atoms with E-state index in [9.17, 15) is 27.9 Å². The molecule has 2 amide bonds. The smallest absolute Gasteiger partial charge is 0.416 e. The van der Waals surface area contributed by atoms with E-state index in [1.165, 1.54) is 19.3 Å². The van der Waals surface area contributed by atoms with Gasteiger partial charge in [0, 0.05) is 29.8 Å². The number of carbonyl (C=O) groups is 2. The van der Waals surface area contributed by atoms with Crippen molar-refractivity contribution in [2.45, 2.75) is 57.9 Å². The Morgan fingerprint density at radius 3 is 2.67 bits per heavy atom. The van der Waals surface area contributed by atoms with Crippen molar-refractivity contribution in [1.29, 1.82) is 0 Å². The van der Waals surface area contributed by atoms with Crippen LogP contribution in [0.1, 0.15) is 54.2 Å². The van der Waals surface area contributed by atoms with Gasteiger partial charge in [-0.2, -0.15) is 13.2 Å². The number of carbonyl (C=O) groups excluding carboxylic acids is 2. The third-order valence-electron chi connectivity index (χ3n) is 8.25. The second-order valence-electron chi connectivity index (χ2n) is 11.3. The summed E-state index contributed by atoms with van der Waals surface area (Å²) in [5.41, 5.74) is 0.690. The van der Waals surface area contributed by atoms with Crippen molar-refractivity contribution < 1.29 is 32.6 Å². The van der Waals surface area contributed by atoms with Crippen LogP contribution in [0.3, 0.4) is 0 Å². The predicted octanol–water partition coefficient (Wildman–Crippen LogP) is 3.84. The molecule has 0 bridgehead atoms. The van der Waals surface area contributed by atoms with Gasteiger partial charge in [-0.05, 0) is 63.6 Å². The fraction of sp³-hybridized carbons (Fsp3) is 0.500. The summed E-state index contributed by atoms with van der Waals surface area (Å²) >= 11 is 0. The van der Waals surface area contributed by atoms with Crippen LogP contribution in [0.25, 0.3) is 22.3 Å². The summed E-state index contributed by atoms with van der Waals surface area (Å²) in [5, 5.41) is 12.8. The maximum absolute atomic E-state index is 13.6. The Kier molecular flexibility index (Phi) is 6.28. The number of hydrogen-bond acceptors (Lipinski definition) is 6. The van der Waals surface area contributed by atoms with Gasteiger partial charge in [0.05, 0.1) is 29.3 Å². The summed E-state index contributed by atoms with van der Waals surface area (Å²) in [7, 11) is 0. The lowest BCUT2D eigenvalue weighted by Crippen LogP contribution is -2.42. The van der Waals surface area contributed by atoms with Gasteiger partial charge in [0.1, 0.15) is 29.4 Å². The number of rotatable bonds is 7. The molecule has 3 fully saturated rings. The number of hydrogen-bond donors (Lipinski definition) is 3. The fourth-order valence-electron chi connectivity index (χ4n) is 5.61. The minimum Gasteiger partial charge on any atom is -0.493 e. The minimum absolute atomic E-state index is 0.163. The number of nitrogens with one attached hydrogen (secondary N) is 2. The second kappa shape index (κ2) is 9.46. The maximum Gasteiger partial charge on any atom is 0.416 e. The number of nitrogens with zero attached hydrogens (tertiary/aromatic N) is 3. The number of amides is 2. The average Bonchev–Trinajstić information content (AvgIpc) is 3.81. The van der Waals surface area contributed by atoms with Crippen molar-refractivity contribution in [3.05, 3.63) is 41.3 Å². The molecule has 40 heavy (non-hydrogen) atoms. The van der Waals surface area contributed by atoms with Crippen LogP contribution in [0.15, 0.2) is 24.5 Å². The van der Waals surface area contributed by atoms with Crippen LogP contribution in [-0.4, -0.2) is 68.6 Å². The first-order valence-corrected chi connectivity index (χ1v) is 13.4. The van der Waals surface area contributed by atoms with E-state index in [4.69, 9.17) is 4.74 Å². The summed E-state index contributed by atoms with van der Waals surface area (Å²) in [4.78, 5) is 39.3. The van der Waals surface area contributed by atoms with E-state index in [0.29, 0.717) is 36.8 Å². The zero-order valence-corrected chi connectivity index (χ0v) is 22.1. The highest BCUT2D eigenvalue weighted by atomic mass is 19.4.